The highest BCUT2D eigenvalue weighted by molar-refractivity contribution is 6.11. The second kappa shape index (κ2) is 8.75. The number of piperazine rings is 1. The van der Waals surface area contributed by atoms with Crippen LogP contribution in [0.3, 0.4) is 0 Å². The molecule has 2 aromatic carbocycles. The summed E-state index contributed by atoms with van der Waals surface area (Å²) in [7, 11) is 0. The number of carbonyl (C=O) groups excluding carboxylic acids is 2. The Kier molecular flexibility index (Phi) is 5.44. The lowest BCUT2D eigenvalue weighted by Gasteiger charge is -2.36. The number of benzene rings is 2. The van der Waals surface area contributed by atoms with E-state index >= 15 is 0 Å². The molecule has 1 saturated carbocycles. The van der Waals surface area contributed by atoms with Gasteiger partial charge in [0.1, 0.15) is 5.69 Å². The molecule has 0 spiro atoms. The van der Waals surface area contributed by atoms with Gasteiger partial charge in [0.05, 0.1) is 11.1 Å². The number of carbonyl (C=O) groups is 2. The second-order valence-electron chi connectivity index (χ2n) is 9.67. The summed E-state index contributed by atoms with van der Waals surface area (Å²) in [5.41, 5.74) is 3.91. The number of rotatable bonds is 3. The lowest BCUT2D eigenvalue weighted by molar-refractivity contribution is 0.0652. The molecule has 174 valence electrons. The highest BCUT2D eigenvalue weighted by atomic mass is 16.2. The summed E-state index contributed by atoms with van der Waals surface area (Å²) in [5, 5.41) is 0.857. The molecule has 2 fully saturated rings. The average Bonchev–Trinajstić information content (AvgIpc) is 3.23. The lowest BCUT2D eigenvalue weighted by atomic mass is 9.94. The zero-order valence-electron chi connectivity index (χ0n) is 19.4. The first-order chi connectivity index (χ1) is 16.7. The Morgan fingerprint density at radius 2 is 1.56 bits per heavy atom. The summed E-state index contributed by atoms with van der Waals surface area (Å²) in [6.07, 6.45) is 5.66. The molecule has 2 aliphatic heterocycles. The number of para-hydroxylation sites is 2. The Hall–Kier alpha value is -3.41. The van der Waals surface area contributed by atoms with Gasteiger partial charge in [-0.25, -0.2) is 4.98 Å². The molecule has 3 aromatic rings. The Bertz CT molecular complexity index is 1230. The van der Waals surface area contributed by atoms with Crippen LogP contribution in [0.5, 0.6) is 0 Å². The zero-order chi connectivity index (χ0) is 23.1. The molecule has 6 heteroatoms. The van der Waals surface area contributed by atoms with E-state index in [0.29, 0.717) is 30.9 Å². The maximum atomic E-state index is 14.0. The summed E-state index contributed by atoms with van der Waals surface area (Å²) < 4.78 is 0. The maximum Gasteiger partial charge on any atom is 0.273 e. The van der Waals surface area contributed by atoms with Crippen molar-refractivity contribution in [1.82, 2.24) is 14.8 Å². The van der Waals surface area contributed by atoms with Crippen LogP contribution in [-0.2, 0) is 6.54 Å². The fourth-order valence-electron chi connectivity index (χ4n) is 5.86. The molecule has 0 bridgehead atoms. The quantitative estimate of drug-likeness (QED) is 0.585. The van der Waals surface area contributed by atoms with Gasteiger partial charge in [-0.15, -0.1) is 0 Å². The summed E-state index contributed by atoms with van der Waals surface area (Å²) in [5.74, 6) is 0.0245. The Morgan fingerprint density at radius 1 is 0.853 bits per heavy atom. The predicted octanol–water partition coefficient (Wildman–Crippen LogP) is 4.49. The molecule has 0 unspecified atom stereocenters. The average molecular weight is 455 g/mol. The van der Waals surface area contributed by atoms with Crippen LogP contribution in [-0.4, -0.2) is 58.8 Å². The van der Waals surface area contributed by atoms with Gasteiger partial charge >= 0.3 is 0 Å². The molecular formula is C28H30N4O2. The van der Waals surface area contributed by atoms with Crippen molar-refractivity contribution >= 4 is 28.4 Å². The van der Waals surface area contributed by atoms with Crippen molar-refractivity contribution in [1.29, 1.82) is 0 Å². The van der Waals surface area contributed by atoms with E-state index in [4.69, 9.17) is 4.98 Å². The smallest absolute Gasteiger partial charge is 0.273 e. The van der Waals surface area contributed by atoms with Crippen LogP contribution in [0.15, 0.2) is 54.6 Å². The van der Waals surface area contributed by atoms with Crippen molar-refractivity contribution in [2.75, 3.05) is 31.1 Å². The molecule has 0 atom stereocenters. The lowest BCUT2D eigenvalue weighted by Crippen LogP contribution is -2.49. The van der Waals surface area contributed by atoms with E-state index in [1.807, 2.05) is 52.3 Å². The van der Waals surface area contributed by atoms with E-state index in [2.05, 4.69) is 17.0 Å². The van der Waals surface area contributed by atoms with E-state index in [1.165, 1.54) is 12.1 Å². The highest BCUT2D eigenvalue weighted by Crippen LogP contribution is 2.35. The number of fused-ring (bicyclic) bond motifs is 2. The second-order valence-corrected chi connectivity index (χ2v) is 9.67. The van der Waals surface area contributed by atoms with Gasteiger partial charge < -0.3 is 14.7 Å². The maximum absolute atomic E-state index is 14.0. The third-order valence-corrected chi connectivity index (χ3v) is 7.70. The van der Waals surface area contributed by atoms with E-state index in [1.54, 1.807) is 0 Å². The Balaban J connectivity index is 1.32. The third-order valence-electron chi connectivity index (χ3n) is 7.70. The highest BCUT2D eigenvalue weighted by Gasteiger charge is 2.39. The number of anilines is 1. The summed E-state index contributed by atoms with van der Waals surface area (Å²) >= 11 is 0. The largest absolute Gasteiger partial charge is 0.368 e. The topological polar surface area (TPSA) is 56.8 Å². The van der Waals surface area contributed by atoms with Gasteiger partial charge in [-0.3, -0.25) is 9.59 Å². The first-order valence-electron chi connectivity index (χ1n) is 12.5. The van der Waals surface area contributed by atoms with Crippen LogP contribution in [0.4, 0.5) is 5.69 Å². The van der Waals surface area contributed by atoms with E-state index in [0.717, 1.165) is 55.2 Å². The first kappa shape index (κ1) is 21.1. The van der Waals surface area contributed by atoms with Gasteiger partial charge in [-0.1, -0.05) is 55.7 Å². The van der Waals surface area contributed by atoms with Crippen molar-refractivity contribution in [2.45, 2.75) is 44.7 Å². The molecule has 0 radical (unpaired) electrons. The number of amides is 2. The fourth-order valence-corrected chi connectivity index (χ4v) is 5.86. The standard InChI is InChI=1S/C28H30N4O2/c33-27(31-17-15-30(16-18-31)20-9-3-1-4-10-20)25-22-13-7-8-14-24(22)29-26-23(25)19-32(28(26)34)21-11-5-2-6-12-21/h1,3-4,7-10,13-14,21H,2,5-6,11-12,15-19H2. The molecule has 3 aliphatic rings. The van der Waals surface area contributed by atoms with Gasteiger partial charge in [0.15, 0.2) is 0 Å². The Labute approximate surface area is 200 Å². The van der Waals surface area contributed by atoms with Gasteiger partial charge in [0, 0.05) is 55.4 Å². The van der Waals surface area contributed by atoms with E-state index in [9.17, 15) is 9.59 Å². The van der Waals surface area contributed by atoms with Crippen LogP contribution in [0.25, 0.3) is 10.9 Å². The van der Waals surface area contributed by atoms with E-state index < -0.39 is 0 Å². The van der Waals surface area contributed by atoms with Crippen molar-refractivity contribution in [3.8, 4) is 0 Å². The van der Waals surface area contributed by atoms with Crippen LogP contribution in [0.2, 0.25) is 0 Å². The van der Waals surface area contributed by atoms with Crippen molar-refractivity contribution < 1.29 is 9.59 Å². The minimum absolute atomic E-state index is 0.00407. The summed E-state index contributed by atoms with van der Waals surface area (Å²) in [6.45, 7) is 3.43. The monoisotopic (exact) mass is 454 g/mol. The molecule has 1 aliphatic carbocycles. The van der Waals surface area contributed by atoms with Crippen molar-refractivity contribution in [2.24, 2.45) is 0 Å². The normalized spacial score (nSPS) is 19.1. The van der Waals surface area contributed by atoms with Crippen LogP contribution < -0.4 is 4.90 Å². The number of nitrogens with zero attached hydrogens (tertiary/aromatic N) is 4. The van der Waals surface area contributed by atoms with Crippen LogP contribution >= 0.6 is 0 Å². The fraction of sp³-hybridized carbons (Fsp3) is 0.393. The van der Waals surface area contributed by atoms with E-state index in [-0.39, 0.29) is 17.9 Å². The number of hydrogen-bond acceptors (Lipinski definition) is 4. The molecule has 6 rings (SSSR count). The van der Waals surface area contributed by atoms with Gasteiger partial charge in [-0.05, 0) is 31.0 Å². The van der Waals surface area contributed by atoms with Gasteiger partial charge in [-0.2, -0.15) is 0 Å². The molecule has 34 heavy (non-hydrogen) atoms. The van der Waals surface area contributed by atoms with Crippen LogP contribution in [0.1, 0.15) is 58.5 Å². The molecule has 3 heterocycles. The molecule has 1 saturated heterocycles. The minimum atomic E-state index is -0.00407. The first-order valence-corrected chi connectivity index (χ1v) is 12.5. The molecule has 6 nitrogen and oxygen atoms in total. The number of pyridine rings is 1. The molecule has 0 N–H and O–H groups in total. The number of aromatic nitrogens is 1. The summed E-state index contributed by atoms with van der Waals surface area (Å²) in [6, 6.07) is 18.4. The van der Waals surface area contributed by atoms with Crippen molar-refractivity contribution in [3.63, 3.8) is 0 Å². The van der Waals surface area contributed by atoms with Gasteiger partial charge in [0.2, 0.25) is 0 Å². The molecule has 2 amide bonds. The number of hydrogen-bond donors (Lipinski definition) is 0. The summed E-state index contributed by atoms with van der Waals surface area (Å²) in [4.78, 5) is 38.4. The van der Waals surface area contributed by atoms with Gasteiger partial charge in [0.25, 0.3) is 11.8 Å². The molecular weight excluding hydrogens is 424 g/mol. The SMILES string of the molecule is O=C(c1c2c(nc3ccccc13)C(=O)N(C1CCCCC1)C2)N1CCN(c2ccccc2)CC1. The third kappa shape index (κ3) is 3.61. The van der Waals surface area contributed by atoms with Crippen LogP contribution in [0, 0.1) is 0 Å². The predicted molar refractivity (Wildman–Crippen MR) is 133 cm³/mol. The molecule has 1 aromatic heterocycles. The Morgan fingerprint density at radius 3 is 2.32 bits per heavy atom. The zero-order valence-corrected chi connectivity index (χ0v) is 19.4. The van der Waals surface area contributed by atoms with Crippen molar-refractivity contribution in [3.05, 3.63) is 71.4 Å². The minimum Gasteiger partial charge on any atom is -0.368 e.